The average Bonchev–Trinajstić information content (AvgIpc) is 3.12. The third-order valence-electron chi connectivity index (χ3n) is 5.59. The Labute approximate surface area is 164 Å². The average molecular weight is 365 g/mol. The molecular weight excluding hydrogens is 342 g/mol. The molecule has 2 aromatic heterocycles. The molecule has 0 spiro atoms. The molecule has 0 bridgehead atoms. The standard InChI is InChI=1S/C25H23N3/c26-15-4-3-11-20-21-14-13-17-7-1-2-10-19(17)24(21)28-25(20)22-12-5-8-18-9-6-16-27-23(18)22/h1-2,5-10,12-14,16,28H,3-4,11,15,26H2. The highest BCUT2D eigenvalue weighted by molar-refractivity contribution is 6.10. The molecule has 0 atom stereocenters. The summed E-state index contributed by atoms with van der Waals surface area (Å²) in [6, 6.07) is 23.6. The van der Waals surface area contributed by atoms with Gasteiger partial charge in [-0.05, 0) is 42.8 Å². The highest BCUT2D eigenvalue weighted by atomic mass is 14.7. The van der Waals surface area contributed by atoms with Gasteiger partial charge < -0.3 is 10.7 Å². The van der Waals surface area contributed by atoms with Crippen molar-refractivity contribution in [3.05, 3.63) is 78.5 Å². The van der Waals surface area contributed by atoms with Crippen LogP contribution in [0.4, 0.5) is 0 Å². The molecule has 28 heavy (non-hydrogen) atoms. The second-order valence-corrected chi connectivity index (χ2v) is 7.31. The van der Waals surface area contributed by atoms with Gasteiger partial charge in [0, 0.05) is 27.9 Å². The second kappa shape index (κ2) is 7.10. The summed E-state index contributed by atoms with van der Waals surface area (Å²) in [5.74, 6) is 0. The fourth-order valence-corrected chi connectivity index (χ4v) is 4.23. The Morgan fingerprint density at radius 1 is 0.786 bits per heavy atom. The van der Waals surface area contributed by atoms with Gasteiger partial charge in [0.05, 0.1) is 16.7 Å². The first kappa shape index (κ1) is 17.0. The highest BCUT2D eigenvalue weighted by Gasteiger charge is 2.17. The molecule has 138 valence electrons. The molecule has 3 N–H and O–H groups in total. The minimum Gasteiger partial charge on any atom is -0.354 e. The summed E-state index contributed by atoms with van der Waals surface area (Å²) < 4.78 is 0. The zero-order valence-electron chi connectivity index (χ0n) is 15.8. The molecule has 5 aromatic rings. The summed E-state index contributed by atoms with van der Waals surface area (Å²) in [4.78, 5) is 8.46. The summed E-state index contributed by atoms with van der Waals surface area (Å²) in [5.41, 5.74) is 11.7. The van der Waals surface area contributed by atoms with Crippen LogP contribution in [0, 0.1) is 0 Å². The molecule has 0 aliphatic carbocycles. The van der Waals surface area contributed by atoms with Crippen molar-refractivity contribution in [1.82, 2.24) is 9.97 Å². The van der Waals surface area contributed by atoms with Crippen LogP contribution in [0.2, 0.25) is 0 Å². The number of aromatic amines is 1. The SMILES string of the molecule is NCCCCc1c(-c2cccc3cccnc23)[nH]c2c1ccc1ccccc12. The number of H-pyrrole nitrogens is 1. The zero-order valence-corrected chi connectivity index (χ0v) is 15.8. The van der Waals surface area contributed by atoms with E-state index in [4.69, 9.17) is 5.73 Å². The topological polar surface area (TPSA) is 54.7 Å². The van der Waals surface area contributed by atoms with Gasteiger partial charge in [-0.1, -0.05) is 60.7 Å². The van der Waals surface area contributed by atoms with Crippen molar-refractivity contribution in [2.75, 3.05) is 6.54 Å². The van der Waals surface area contributed by atoms with Crippen molar-refractivity contribution in [3.8, 4) is 11.3 Å². The molecule has 3 aromatic carbocycles. The van der Waals surface area contributed by atoms with E-state index in [-0.39, 0.29) is 0 Å². The highest BCUT2D eigenvalue weighted by Crippen LogP contribution is 2.37. The van der Waals surface area contributed by atoms with Crippen LogP contribution < -0.4 is 5.73 Å². The lowest BCUT2D eigenvalue weighted by Gasteiger charge is -2.08. The lowest BCUT2D eigenvalue weighted by molar-refractivity contribution is 0.748. The van der Waals surface area contributed by atoms with Crippen LogP contribution in [0.1, 0.15) is 18.4 Å². The van der Waals surface area contributed by atoms with E-state index in [0.29, 0.717) is 0 Å². The molecule has 0 unspecified atom stereocenters. The van der Waals surface area contributed by atoms with E-state index in [2.05, 4.69) is 70.6 Å². The van der Waals surface area contributed by atoms with Crippen LogP contribution in [-0.4, -0.2) is 16.5 Å². The van der Waals surface area contributed by atoms with Crippen molar-refractivity contribution in [2.45, 2.75) is 19.3 Å². The van der Waals surface area contributed by atoms with Crippen LogP contribution in [0.15, 0.2) is 72.9 Å². The summed E-state index contributed by atoms with van der Waals surface area (Å²) >= 11 is 0. The predicted octanol–water partition coefficient (Wildman–Crippen LogP) is 5.82. The largest absolute Gasteiger partial charge is 0.354 e. The van der Waals surface area contributed by atoms with E-state index in [1.54, 1.807) is 0 Å². The first-order valence-electron chi connectivity index (χ1n) is 9.93. The van der Waals surface area contributed by atoms with Crippen molar-refractivity contribution in [2.24, 2.45) is 5.73 Å². The van der Waals surface area contributed by atoms with Crippen LogP contribution >= 0.6 is 0 Å². The summed E-state index contributed by atoms with van der Waals surface area (Å²) in [5, 5.41) is 4.99. The number of pyridine rings is 1. The molecule has 3 heteroatoms. The minimum atomic E-state index is 0.733. The van der Waals surface area contributed by atoms with Gasteiger partial charge in [-0.15, -0.1) is 0 Å². The van der Waals surface area contributed by atoms with Gasteiger partial charge in [-0.3, -0.25) is 4.98 Å². The molecule has 0 amide bonds. The quantitative estimate of drug-likeness (QED) is 0.386. The Morgan fingerprint density at radius 3 is 2.57 bits per heavy atom. The van der Waals surface area contributed by atoms with E-state index >= 15 is 0 Å². The lowest BCUT2D eigenvalue weighted by Crippen LogP contribution is -1.99. The number of para-hydroxylation sites is 1. The van der Waals surface area contributed by atoms with E-state index in [1.807, 2.05) is 12.3 Å². The number of hydrogen-bond donors (Lipinski definition) is 2. The maximum absolute atomic E-state index is 5.76. The number of unbranched alkanes of at least 4 members (excludes halogenated alkanes) is 1. The number of nitrogens with one attached hydrogen (secondary N) is 1. The Bertz CT molecular complexity index is 1280. The fourth-order valence-electron chi connectivity index (χ4n) is 4.23. The maximum Gasteiger partial charge on any atom is 0.0795 e. The number of aryl methyl sites for hydroxylation is 1. The van der Waals surface area contributed by atoms with Crippen molar-refractivity contribution in [3.63, 3.8) is 0 Å². The van der Waals surface area contributed by atoms with Crippen molar-refractivity contribution >= 4 is 32.6 Å². The molecular formula is C25H23N3. The van der Waals surface area contributed by atoms with Gasteiger partial charge in [0.2, 0.25) is 0 Å². The van der Waals surface area contributed by atoms with Gasteiger partial charge in [0.1, 0.15) is 0 Å². The summed E-state index contributed by atoms with van der Waals surface area (Å²) in [6.45, 7) is 0.733. The second-order valence-electron chi connectivity index (χ2n) is 7.31. The summed E-state index contributed by atoms with van der Waals surface area (Å²) in [7, 11) is 0. The first-order chi connectivity index (χ1) is 13.9. The number of rotatable bonds is 5. The summed E-state index contributed by atoms with van der Waals surface area (Å²) in [6.07, 6.45) is 5.00. The van der Waals surface area contributed by atoms with Gasteiger partial charge >= 0.3 is 0 Å². The van der Waals surface area contributed by atoms with Gasteiger partial charge in [0.25, 0.3) is 0 Å². The lowest BCUT2D eigenvalue weighted by atomic mass is 9.97. The third-order valence-corrected chi connectivity index (χ3v) is 5.59. The number of aromatic nitrogens is 2. The van der Waals surface area contributed by atoms with Crippen LogP contribution in [-0.2, 0) is 6.42 Å². The van der Waals surface area contributed by atoms with E-state index in [0.717, 1.165) is 36.7 Å². The Hall–Kier alpha value is -3.17. The molecule has 0 aliphatic heterocycles. The van der Waals surface area contributed by atoms with Crippen molar-refractivity contribution < 1.29 is 0 Å². The normalized spacial score (nSPS) is 11.6. The maximum atomic E-state index is 5.76. The predicted molar refractivity (Wildman–Crippen MR) is 119 cm³/mol. The number of hydrogen-bond acceptors (Lipinski definition) is 2. The minimum absolute atomic E-state index is 0.733. The molecule has 5 rings (SSSR count). The van der Waals surface area contributed by atoms with Crippen LogP contribution in [0.3, 0.4) is 0 Å². The fraction of sp³-hybridized carbons (Fsp3) is 0.160. The number of benzene rings is 3. The molecule has 0 aliphatic rings. The molecule has 0 fully saturated rings. The van der Waals surface area contributed by atoms with Crippen LogP contribution in [0.5, 0.6) is 0 Å². The smallest absolute Gasteiger partial charge is 0.0795 e. The van der Waals surface area contributed by atoms with Gasteiger partial charge in [0.15, 0.2) is 0 Å². The van der Waals surface area contributed by atoms with Gasteiger partial charge in [-0.25, -0.2) is 0 Å². The number of nitrogens with zero attached hydrogens (tertiary/aromatic N) is 1. The first-order valence-corrected chi connectivity index (χ1v) is 9.93. The molecule has 3 nitrogen and oxygen atoms in total. The van der Waals surface area contributed by atoms with Crippen LogP contribution in [0.25, 0.3) is 43.8 Å². The van der Waals surface area contributed by atoms with E-state index in [9.17, 15) is 0 Å². The Morgan fingerprint density at radius 2 is 1.64 bits per heavy atom. The van der Waals surface area contributed by atoms with Crippen molar-refractivity contribution in [1.29, 1.82) is 0 Å². The molecule has 2 heterocycles. The number of fused-ring (bicyclic) bond motifs is 4. The number of nitrogens with two attached hydrogens (primary N) is 1. The molecule has 0 saturated heterocycles. The Balaban J connectivity index is 1.81. The van der Waals surface area contributed by atoms with Gasteiger partial charge in [-0.2, -0.15) is 0 Å². The Kier molecular flexibility index (Phi) is 4.30. The molecule has 0 saturated carbocycles. The van der Waals surface area contributed by atoms with E-state index in [1.165, 1.54) is 38.5 Å². The monoisotopic (exact) mass is 365 g/mol. The van der Waals surface area contributed by atoms with E-state index < -0.39 is 0 Å². The third kappa shape index (κ3) is 2.76. The molecule has 0 radical (unpaired) electrons. The zero-order chi connectivity index (χ0) is 18.9.